The number of nitrogens with one attached hydrogen (secondary N) is 1. The highest BCUT2D eigenvalue weighted by molar-refractivity contribution is 4.63. The third-order valence-corrected chi connectivity index (χ3v) is 2.24. The summed E-state index contributed by atoms with van der Waals surface area (Å²) in [4.78, 5) is 0. The molecule has 0 aliphatic carbocycles. The summed E-state index contributed by atoms with van der Waals surface area (Å²) in [5.41, 5.74) is 0. The summed E-state index contributed by atoms with van der Waals surface area (Å²) >= 11 is 0. The average molecular weight is 189 g/mol. The lowest BCUT2D eigenvalue weighted by Gasteiger charge is -2.15. The number of rotatable bonds is 9. The Morgan fingerprint density at radius 1 is 1.08 bits per heavy atom. The fourth-order valence-corrected chi connectivity index (χ4v) is 1.33. The summed E-state index contributed by atoms with van der Waals surface area (Å²) in [6, 6.07) is 0.458. The molecule has 1 atom stereocenters. The zero-order chi connectivity index (χ0) is 9.94. The van der Waals surface area contributed by atoms with E-state index in [9.17, 15) is 0 Å². The van der Waals surface area contributed by atoms with E-state index >= 15 is 0 Å². The van der Waals surface area contributed by atoms with Crippen molar-refractivity contribution in [1.82, 2.24) is 5.32 Å². The van der Waals surface area contributed by atoms with Crippen LogP contribution in [0.1, 0.15) is 39.0 Å². The number of hydrogen-bond acceptors (Lipinski definition) is 3. The van der Waals surface area contributed by atoms with Crippen LogP contribution in [0.5, 0.6) is 0 Å². The molecule has 0 spiro atoms. The van der Waals surface area contributed by atoms with Crippen LogP contribution < -0.4 is 5.32 Å². The molecule has 3 N–H and O–H groups in total. The maximum Gasteiger partial charge on any atom is 0.0445 e. The molecular formula is C10H23NO2. The van der Waals surface area contributed by atoms with Crippen LogP contribution in [0.4, 0.5) is 0 Å². The Hall–Kier alpha value is -0.120. The molecule has 0 aromatic heterocycles. The molecule has 0 aromatic rings. The molecule has 0 aliphatic rings. The summed E-state index contributed by atoms with van der Waals surface area (Å²) in [6.45, 7) is 3.69. The molecule has 3 heteroatoms. The predicted molar refractivity (Wildman–Crippen MR) is 54.7 cm³/mol. The van der Waals surface area contributed by atoms with Crippen molar-refractivity contribution >= 4 is 0 Å². The van der Waals surface area contributed by atoms with Gasteiger partial charge in [0.05, 0.1) is 0 Å². The van der Waals surface area contributed by atoms with Crippen LogP contribution in [-0.4, -0.2) is 36.0 Å². The van der Waals surface area contributed by atoms with Crippen molar-refractivity contribution in [3.8, 4) is 0 Å². The van der Waals surface area contributed by atoms with Gasteiger partial charge in [-0.2, -0.15) is 0 Å². The second kappa shape index (κ2) is 9.96. The summed E-state index contributed by atoms with van der Waals surface area (Å²) in [7, 11) is 0. The first-order chi connectivity index (χ1) is 6.35. The van der Waals surface area contributed by atoms with Crippen molar-refractivity contribution < 1.29 is 10.2 Å². The van der Waals surface area contributed by atoms with E-state index in [4.69, 9.17) is 10.2 Å². The Balaban J connectivity index is 3.17. The zero-order valence-corrected chi connectivity index (χ0v) is 8.63. The first-order valence-corrected chi connectivity index (χ1v) is 5.30. The van der Waals surface area contributed by atoms with Gasteiger partial charge in [0.25, 0.3) is 0 Å². The van der Waals surface area contributed by atoms with Gasteiger partial charge in [-0.25, -0.2) is 0 Å². The van der Waals surface area contributed by atoms with E-state index in [0.29, 0.717) is 12.6 Å². The molecule has 1 unspecified atom stereocenters. The molecule has 0 saturated heterocycles. The van der Waals surface area contributed by atoms with Crippen LogP contribution in [0.25, 0.3) is 0 Å². The molecule has 80 valence electrons. The smallest absolute Gasteiger partial charge is 0.0445 e. The van der Waals surface area contributed by atoms with Gasteiger partial charge in [-0.15, -0.1) is 0 Å². The second-order valence-electron chi connectivity index (χ2n) is 3.36. The maximum atomic E-state index is 8.74. The SMILES string of the molecule is CCC(CCO)NCCCCCO. The number of aliphatic hydroxyl groups excluding tert-OH is 2. The summed E-state index contributed by atoms with van der Waals surface area (Å²) in [5, 5.41) is 20.7. The van der Waals surface area contributed by atoms with Gasteiger partial charge in [-0.05, 0) is 38.6 Å². The first kappa shape index (κ1) is 12.9. The molecule has 0 aromatic carbocycles. The van der Waals surface area contributed by atoms with Crippen LogP contribution >= 0.6 is 0 Å². The average Bonchev–Trinajstić information content (AvgIpc) is 2.16. The standard InChI is InChI=1S/C10H23NO2/c1-2-10(6-9-13)11-7-4-3-5-8-12/h10-13H,2-9H2,1H3. The fraction of sp³-hybridized carbons (Fsp3) is 1.00. The third kappa shape index (κ3) is 8.22. The Kier molecular flexibility index (Phi) is 9.87. The lowest BCUT2D eigenvalue weighted by molar-refractivity contribution is 0.260. The van der Waals surface area contributed by atoms with Crippen molar-refractivity contribution in [2.75, 3.05) is 19.8 Å². The summed E-state index contributed by atoms with van der Waals surface area (Å²) < 4.78 is 0. The minimum absolute atomic E-state index is 0.266. The van der Waals surface area contributed by atoms with E-state index in [1.165, 1.54) is 0 Å². The lowest BCUT2D eigenvalue weighted by atomic mass is 10.1. The monoisotopic (exact) mass is 189 g/mol. The van der Waals surface area contributed by atoms with Gasteiger partial charge in [0, 0.05) is 19.3 Å². The fourth-order valence-electron chi connectivity index (χ4n) is 1.33. The molecule has 0 rings (SSSR count). The molecule has 0 bridgehead atoms. The van der Waals surface area contributed by atoms with E-state index in [0.717, 1.165) is 38.6 Å². The molecule has 0 radical (unpaired) electrons. The van der Waals surface area contributed by atoms with Gasteiger partial charge in [0.15, 0.2) is 0 Å². The van der Waals surface area contributed by atoms with Crippen molar-refractivity contribution in [3.05, 3.63) is 0 Å². The van der Waals surface area contributed by atoms with Crippen molar-refractivity contribution in [3.63, 3.8) is 0 Å². The molecular weight excluding hydrogens is 166 g/mol. The van der Waals surface area contributed by atoms with Crippen LogP contribution in [0.3, 0.4) is 0 Å². The highest BCUT2D eigenvalue weighted by Gasteiger charge is 2.02. The van der Waals surface area contributed by atoms with Gasteiger partial charge in [-0.1, -0.05) is 6.92 Å². The highest BCUT2D eigenvalue weighted by Crippen LogP contribution is 1.98. The molecule has 0 amide bonds. The van der Waals surface area contributed by atoms with Gasteiger partial charge < -0.3 is 15.5 Å². The van der Waals surface area contributed by atoms with E-state index in [1.807, 2.05) is 0 Å². The van der Waals surface area contributed by atoms with Crippen molar-refractivity contribution in [2.45, 2.75) is 45.1 Å². The molecule has 0 saturated carbocycles. The van der Waals surface area contributed by atoms with Crippen molar-refractivity contribution in [2.24, 2.45) is 0 Å². The van der Waals surface area contributed by atoms with Gasteiger partial charge >= 0.3 is 0 Å². The third-order valence-electron chi connectivity index (χ3n) is 2.24. The molecule has 0 fully saturated rings. The minimum atomic E-state index is 0.266. The van der Waals surface area contributed by atoms with Gasteiger partial charge in [0.2, 0.25) is 0 Å². The Morgan fingerprint density at radius 3 is 2.38 bits per heavy atom. The predicted octanol–water partition coefficient (Wildman–Crippen LogP) is 0.900. The lowest BCUT2D eigenvalue weighted by Crippen LogP contribution is -2.30. The van der Waals surface area contributed by atoms with E-state index < -0.39 is 0 Å². The van der Waals surface area contributed by atoms with Crippen LogP contribution in [0.2, 0.25) is 0 Å². The van der Waals surface area contributed by atoms with Gasteiger partial charge in [-0.3, -0.25) is 0 Å². The van der Waals surface area contributed by atoms with E-state index in [2.05, 4.69) is 12.2 Å². The van der Waals surface area contributed by atoms with E-state index in [-0.39, 0.29) is 6.61 Å². The first-order valence-electron chi connectivity index (χ1n) is 5.30. The quantitative estimate of drug-likeness (QED) is 0.472. The van der Waals surface area contributed by atoms with Crippen molar-refractivity contribution in [1.29, 1.82) is 0 Å². The van der Waals surface area contributed by atoms with Crippen LogP contribution in [0, 0.1) is 0 Å². The molecule has 13 heavy (non-hydrogen) atoms. The van der Waals surface area contributed by atoms with Gasteiger partial charge in [0.1, 0.15) is 0 Å². The van der Waals surface area contributed by atoms with Crippen LogP contribution in [0.15, 0.2) is 0 Å². The minimum Gasteiger partial charge on any atom is -0.396 e. The summed E-state index contributed by atoms with van der Waals surface area (Å²) in [5.74, 6) is 0. The highest BCUT2D eigenvalue weighted by atomic mass is 16.3. The molecule has 3 nitrogen and oxygen atoms in total. The topological polar surface area (TPSA) is 52.5 Å². The zero-order valence-electron chi connectivity index (χ0n) is 8.63. The molecule has 0 heterocycles. The van der Waals surface area contributed by atoms with Crippen LogP contribution in [-0.2, 0) is 0 Å². The number of hydrogen-bond donors (Lipinski definition) is 3. The number of unbranched alkanes of at least 4 members (excludes halogenated alkanes) is 2. The largest absolute Gasteiger partial charge is 0.396 e. The number of aliphatic hydroxyl groups is 2. The van der Waals surface area contributed by atoms with E-state index in [1.54, 1.807) is 0 Å². The Labute approximate surface area is 81.2 Å². The maximum absolute atomic E-state index is 8.74. The summed E-state index contributed by atoms with van der Waals surface area (Å²) in [6.07, 6.45) is 5.01. The Bertz CT molecular complexity index is 98.9. The second-order valence-corrected chi connectivity index (χ2v) is 3.36. The normalized spacial score (nSPS) is 13.2. The molecule has 0 aliphatic heterocycles. The Morgan fingerprint density at radius 2 is 1.85 bits per heavy atom.